The Labute approximate surface area is 160 Å². The van der Waals surface area contributed by atoms with Crippen LogP contribution in [0.1, 0.15) is 47.8 Å². The van der Waals surface area contributed by atoms with Crippen LogP contribution in [0.5, 0.6) is 5.75 Å². The number of carboxylic acid groups (broad SMARTS) is 1. The number of aromatic carboxylic acids is 1. The van der Waals surface area contributed by atoms with Gasteiger partial charge in [-0.1, -0.05) is 0 Å². The maximum absolute atomic E-state index is 15.3. The predicted octanol–water partition coefficient (Wildman–Crippen LogP) is 1.90. The highest BCUT2D eigenvalue weighted by molar-refractivity contribution is 5.95. The first kappa shape index (κ1) is 17.6. The Morgan fingerprint density at radius 3 is 3.00 bits per heavy atom. The molecule has 28 heavy (non-hydrogen) atoms. The van der Waals surface area contributed by atoms with Gasteiger partial charge in [0.15, 0.2) is 5.75 Å². The highest BCUT2D eigenvalue weighted by Crippen LogP contribution is 2.43. The molecule has 0 saturated carbocycles. The Hall–Kier alpha value is -2.45. The SMILES string of the molecule is C[C@H]1COc2c([C@@H]3NCCN4CCCC34)c(F)cc3c(=O)c(C(=O)O)cn1c23. The fourth-order valence-electron chi connectivity index (χ4n) is 4.99. The van der Waals surface area contributed by atoms with E-state index < -0.39 is 17.2 Å². The van der Waals surface area contributed by atoms with E-state index in [2.05, 4.69) is 10.2 Å². The highest BCUT2D eigenvalue weighted by atomic mass is 19.1. The van der Waals surface area contributed by atoms with Crippen molar-refractivity contribution in [3.63, 3.8) is 0 Å². The second-order valence-corrected chi connectivity index (χ2v) is 7.92. The molecule has 0 aliphatic carbocycles. The van der Waals surface area contributed by atoms with Gasteiger partial charge in [0.1, 0.15) is 18.0 Å². The Kier molecular flexibility index (Phi) is 3.96. The molecule has 3 atom stereocenters. The second kappa shape index (κ2) is 6.28. The minimum Gasteiger partial charge on any atom is -0.489 e. The molecule has 3 aliphatic rings. The van der Waals surface area contributed by atoms with Crippen LogP contribution in [0.2, 0.25) is 0 Å². The monoisotopic (exact) mass is 387 g/mol. The van der Waals surface area contributed by atoms with Crippen molar-refractivity contribution < 1.29 is 19.0 Å². The van der Waals surface area contributed by atoms with Crippen LogP contribution >= 0.6 is 0 Å². The van der Waals surface area contributed by atoms with Crippen LogP contribution in [-0.2, 0) is 0 Å². The van der Waals surface area contributed by atoms with E-state index in [0.29, 0.717) is 23.4 Å². The molecule has 1 unspecified atom stereocenters. The first-order chi connectivity index (χ1) is 13.5. The van der Waals surface area contributed by atoms with Crippen molar-refractivity contribution in [1.82, 2.24) is 14.8 Å². The minimum atomic E-state index is -1.31. The molecule has 8 heteroatoms. The van der Waals surface area contributed by atoms with E-state index in [4.69, 9.17) is 4.74 Å². The van der Waals surface area contributed by atoms with Gasteiger partial charge in [0.25, 0.3) is 0 Å². The number of piperazine rings is 1. The summed E-state index contributed by atoms with van der Waals surface area (Å²) in [5, 5.41) is 12.9. The summed E-state index contributed by atoms with van der Waals surface area (Å²) in [6.07, 6.45) is 3.43. The normalized spacial score (nSPS) is 26.9. The Morgan fingerprint density at radius 2 is 2.21 bits per heavy atom. The Bertz CT molecular complexity index is 1050. The van der Waals surface area contributed by atoms with Gasteiger partial charge >= 0.3 is 5.97 Å². The van der Waals surface area contributed by atoms with Crippen LogP contribution in [0.25, 0.3) is 10.9 Å². The van der Waals surface area contributed by atoms with E-state index >= 15 is 4.39 Å². The number of rotatable bonds is 2. The Morgan fingerprint density at radius 1 is 1.39 bits per heavy atom. The van der Waals surface area contributed by atoms with E-state index in [1.54, 1.807) is 4.57 Å². The fourth-order valence-corrected chi connectivity index (χ4v) is 4.99. The Balaban J connectivity index is 1.79. The summed E-state index contributed by atoms with van der Waals surface area (Å²) in [4.78, 5) is 26.6. The third-order valence-corrected chi connectivity index (χ3v) is 6.31. The van der Waals surface area contributed by atoms with E-state index in [-0.39, 0.29) is 29.1 Å². The largest absolute Gasteiger partial charge is 0.489 e. The fraction of sp³-hybridized carbons (Fsp3) is 0.500. The number of aromatic nitrogens is 1. The van der Waals surface area contributed by atoms with Crippen LogP contribution in [0, 0.1) is 5.82 Å². The molecule has 0 bridgehead atoms. The zero-order valence-corrected chi connectivity index (χ0v) is 15.6. The standard InChI is InChI=1S/C20H22FN3O4/c1-10-9-28-19-15(16-14-3-2-5-23(14)6-4-22-16)13(21)7-11-17(19)24(10)8-12(18(11)25)20(26)27/h7-8,10,14,16,22H,2-6,9H2,1H3,(H,26,27)/t10-,14?,16+/m0/s1. The lowest BCUT2D eigenvalue weighted by molar-refractivity contribution is 0.0694. The lowest BCUT2D eigenvalue weighted by Gasteiger charge is -2.39. The average Bonchev–Trinajstić information content (AvgIpc) is 3.15. The first-order valence-electron chi connectivity index (χ1n) is 9.72. The quantitative estimate of drug-likeness (QED) is 0.819. The minimum absolute atomic E-state index is 0.0572. The van der Waals surface area contributed by atoms with Crippen molar-refractivity contribution in [1.29, 1.82) is 0 Å². The third kappa shape index (κ3) is 2.41. The van der Waals surface area contributed by atoms with E-state index in [0.717, 1.165) is 32.5 Å². The number of hydrogen-bond donors (Lipinski definition) is 2. The number of halogens is 1. The van der Waals surface area contributed by atoms with Crippen molar-refractivity contribution >= 4 is 16.9 Å². The van der Waals surface area contributed by atoms with Gasteiger partial charge in [0.05, 0.1) is 28.6 Å². The van der Waals surface area contributed by atoms with Crippen LogP contribution < -0.4 is 15.5 Å². The summed E-state index contributed by atoms with van der Waals surface area (Å²) >= 11 is 0. The van der Waals surface area contributed by atoms with Crippen LogP contribution in [0.15, 0.2) is 17.1 Å². The lowest BCUT2D eigenvalue weighted by atomic mass is 9.92. The average molecular weight is 387 g/mol. The summed E-state index contributed by atoms with van der Waals surface area (Å²) in [6, 6.07) is 1.01. The topological polar surface area (TPSA) is 83.8 Å². The molecular weight excluding hydrogens is 365 g/mol. The smallest absolute Gasteiger partial charge is 0.341 e. The molecule has 148 valence electrons. The summed E-state index contributed by atoms with van der Waals surface area (Å²) < 4.78 is 23.1. The van der Waals surface area contributed by atoms with Gasteiger partial charge in [-0.25, -0.2) is 9.18 Å². The zero-order chi connectivity index (χ0) is 19.6. The zero-order valence-electron chi connectivity index (χ0n) is 15.6. The molecule has 5 rings (SSSR count). The highest BCUT2D eigenvalue weighted by Gasteiger charge is 2.40. The maximum Gasteiger partial charge on any atom is 0.341 e. The number of ether oxygens (including phenoxy) is 1. The molecule has 0 radical (unpaired) electrons. The van der Waals surface area contributed by atoms with Crippen LogP contribution in [0.4, 0.5) is 4.39 Å². The number of pyridine rings is 1. The molecule has 2 saturated heterocycles. The second-order valence-electron chi connectivity index (χ2n) is 7.92. The predicted molar refractivity (Wildman–Crippen MR) is 101 cm³/mol. The van der Waals surface area contributed by atoms with Crippen molar-refractivity contribution in [3.8, 4) is 5.75 Å². The molecule has 2 fully saturated rings. The van der Waals surface area contributed by atoms with Crippen molar-refractivity contribution in [3.05, 3.63) is 39.4 Å². The number of nitrogens with one attached hydrogen (secondary N) is 1. The molecule has 7 nitrogen and oxygen atoms in total. The van der Waals surface area contributed by atoms with Crippen molar-refractivity contribution in [2.45, 2.75) is 37.9 Å². The lowest BCUT2D eigenvalue weighted by Crippen LogP contribution is -2.50. The molecule has 2 N–H and O–H groups in total. The number of nitrogens with zero attached hydrogens (tertiary/aromatic N) is 2. The summed E-state index contributed by atoms with van der Waals surface area (Å²) in [5.74, 6) is -1.46. The van der Waals surface area contributed by atoms with Gasteiger partial charge in [0.2, 0.25) is 5.43 Å². The number of carbonyl (C=O) groups is 1. The van der Waals surface area contributed by atoms with Gasteiger partial charge < -0.3 is 19.7 Å². The molecule has 4 heterocycles. The maximum atomic E-state index is 15.3. The molecule has 1 aromatic carbocycles. The van der Waals surface area contributed by atoms with E-state index in [1.807, 2.05) is 6.92 Å². The number of carboxylic acids is 1. The van der Waals surface area contributed by atoms with Crippen molar-refractivity contribution in [2.75, 3.05) is 26.2 Å². The van der Waals surface area contributed by atoms with Crippen LogP contribution in [-0.4, -0.2) is 52.8 Å². The molecule has 2 aromatic rings. The number of hydrogen-bond acceptors (Lipinski definition) is 5. The number of benzene rings is 1. The van der Waals surface area contributed by atoms with E-state index in [9.17, 15) is 14.7 Å². The molecule has 0 spiro atoms. The summed E-state index contributed by atoms with van der Waals surface area (Å²) in [6.45, 7) is 4.90. The molecule has 1 aromatic heterocycles. The van der Waals surface area contributed by atoms with Gasteiger partial charge in [-0.15, -0.1) is 0 Å². The van der Waals surface area contributed by atoms with E-state index in [1.165, 1.54) is 12.3 Å². The molecule has 0 amide bonds. The van der Waals surface area contributed by atoms with Crippen LogP contribution in [0.3, 0.4) is 0 Å². The first-order valence-corrected chi connectivity index (χ1v) is 9.72. The summed E-state index contributed by atoms with van der Waals surface area (Å²) in [7, 11) is 0. The number of fused-ring (bicyclic) bond motifs is 1. The third-order valence-electron chi connectivity index (χ3n) is 6.31. The molecule has 3 aliphatic heterocycles. The van der Waals surface area contributed by atoms with Gasteiger partial charge in [-0.05, 0) is 32.4 Å². The van der Waals surface area contributed by atoms with Gasteiger partial charge in [-0.2, -0.15) is 0 Å². The molecular formula is C20H22FN3O4. The summed E-state index contributed by atoms with van der Waals surface area (Å²) in [5.41, 5.74) is -0.0892. The van der Waals surface area contributed by atoms with Crippen molar-refractivity contribution in [2.24, 2.45) is 0 Å². The van der Waals surface area contributed by atoms with Gasteiger partial charge in [-0.3, -0.25) is 9.69 Å². The van der Waals surface area contributed by atoms with Gasteiger partial charge in [0, 0.05) is 25.3 Å².